The lowest BCUT2D eigenvalue weighted by atomic mass is 10.1. The lowest BCUT2D eigenvalue weighted by Gasteiger charge is -2.09. The van der Waals surface area contributed by atoms with Crippen molar-refractivity contribution >= 4 is 17.1 Å². The summed E-state index contributed by atoms with van der Waals surface area (Å²) in [5.74, 6) is 0. The van der Waals surface area contributed by atoms with Gasteiger partial charge in [-0.3, -0.25) is 10.1 Å². The molecule has 17 heavy (non-hydrogen) atoms. The van der Waals surface area contributed by atoms with Crippen molar-refractivity contribution in [3.63, 3.8) is 0 Å². The summed E-state index contributed by atoms with van der Waals surface area (Å²) in [6.45, 7) is 5.01. The van der Waals surface area contributed by atoms with E-state index in [1.54, 1.807) is 6.07 Å². The Labute approximate surface area is 99.4 Å². The molecule has 0 aliphatic carbocycles. The summed E-state index contributed by atoms with van der Waals surface area (Å²) in [5.41, 5.74) is 0.957. The highest BCUT2D eigenvalue weighted by Crippen LogP contribution is 2.31. The van der Waals surface area contributed by atoms with Crippen LogP contribution >= 0.6 is 0 Å². The number of anilines is 2. The Balaban J connectivity index is 3.36. The van der Waals surface area contributed by atoms with E-state index in [9.17, 15) is 10.1 Å². The van der Waals surface area contributed by atoms with E-state index in [2.05, 4.69) is 10.6 Å². The van der Waals surface area contributed by atoms with Gasteiger partial charge in [0.05, 0.1) is 4.92 Å². The van der Waals surface area contributed by atoms with Crippen molar-refractivity contribution in [3.05, 3.63) is 27.8 Å². The summed E-state index contributed by atoms with van der Waals surface area (Å²) in [4.78, 5) is 10.4. The van der Waals surface area contributed by atoms with Crippen molar-refractivity contribution in [2.45, 2.75) is 13.8 Å². The number of nitrogens with one attached hydrogen (secondary N) is 2. The molecule has 0 spiro atoms. The summed E-state index contributed by atoms with van der Waals surface area (Å²) < 4.78 is 0. The zero-order chi connectivity index (χ0) is 12.8. The maximum Gasteiger partial charge on any atom is 0.310 e. The van der Waals surface area contributed by atoms with Crippen molar-refractivity contribution in [1.82, 2.24) is 0 Å². The molecule has 6 nitrogen and oxygen atoms in total. The number of nitriles is 1. The molecule has 0 unspecified atom stereocenters. The van der Waals surface area contributed by atoms with Crippen LogP contribution in [0.4, 0.5) is 17.1 Å². The average molecular weight is 234 g/mol. The van der Waals surface area contributed by atoms with Crippen LogP contribution in [0.1, 0.15) is 19.4 Å². The highest BCUT2D eigenvalue weighted by Gasteiger charge is 2.20. The van der Waals surface area contributed by atoms with E-state index in [4.69, 9.17) is 5.26 Å². The third-order valence-electron chi connectivity index (χ3n) is 2.16. The minimum Gasteiger partial charge on any atom is -0.385 e. The predicted octanol–water partition coefficient (Wildman–Crippen LogP) is 2.33. The zero-order valence-corrected chi connectivity index (χ0v) is 9.78. The normalized spacial score (nSPS) is 9.47. The molecule has 0 atom stereocenters. The summed E-state index contributed by atoms with van der Waals surface area (Å²) in [6.07, 6.45) is 0. The molecule has 2 N–H and O–H groups in total. The molecule has 0 aromatic heterocycles. The monoisotopic (exact) mass is 234 g/mol. The van der Waals surface area contributed by atoms with Crippen LogP contribution in [-0.4, -0.2) is 18.0 Å². The van der Waals surface area contributed by atoms with E-state index < -0.39 is 4.92 Å². The minimum atomic E-state index is -0.535. The summed E-state index contributed by atoms with van der Waals surface area (Å²) >= 11 is 0. The molecular formula is C11H14N4O2. The molecule has 0 bridgehead atoms. The first-order valence-electron chi connectivity index (χ1n) is 5.34. The van der Waals surface area contributed by atoms with Crippen LogP contribution in [0.3, 0.4) is 0 Å². The van der Waals surface area contributed by atoms with Gasteiger partial charge in [0.2, 0.25) is 0 Å². The number of hydrogen-bond donors (Lipinski definition) is 2. The van der Waals surface area contributed by atoms with Crippen molar-refractivity contribution in [2.24, 2.45) is 0 Å². The molecule has 1 aromatic carbocycles. The molecule has 0 fully saturated rings. The van der Waals surface area contributed by atoms with E-state index in [1.807, 2.05) is 19.9 Å². The van der Waals surface area contributed by atoms with Crippen LogP contribution in [-0.2, 0) is 0 Å². The average Bonchev–Trinajstić information content (AvgIpc) is 2.28. The second-order valence-electron chi connectivity index (χ2n) is 3.35. The molecule has 0 radical (unpaired) electrons. The predicted molar refractivity (Wildman–Crippen MR) is 66.1 cm³/mol. The summed E-state index contributed by atoms with van der Waals surface area (Å²) in [5, 5.41) is 25.8. The highest BCUT2D eigenvalue weighted by atomic mass is 16.6. The molecule has 0 heterocycles. The van der Waals surface area contributed by atoms with Gasteiger partial charge in [0.1, 0.15) is 17.3 Å². The van der Waals surface area contributed by atoms with Crippen LogP contribution < -0.4 is 10.6 Å². The first kappa shape index (κ1) is 12.8. The van der Waals surface area contributed by atoms with Gasteiger partial charge in [-0.15, -0.1) is 0 Å². The maximum absolute atomic E-state index is 10.9. The molecule has 1 rings (SSSR count). The topological polar surface area (TPSA) is 91.0 Å². The van der Waals surface area contributed by atoms with Crippen molar-refractivity contribution in [2.75, 3.05) is 23.7 Å². The molecular weight excluding hydrogens is 220 g/mol. The number of hydrogen-bond acceptors (Lipinski definition) is 5. The Morgan fingerprint density at radius 2 is 2.00 bits per heavy atom. The third-order valence-corrected chi connectivity index (χ3v) is 2.16. The Hall–Kier alpha value is -2.29. The first-order valence-corrected chi connectivity index (χ1v) is 5.34. The van der Waals surface area contributed by atoms with E-state index in [-0.39, 0.29) is 11.3 Å². The fourth-order valence-electron chi connectivity index (χ4n) is 1.55. The Bertz CT molecular complexity index is 465. The van der Waals surface area contributed by atoms with E-state index in [0.717, 1.165) is 0 Å². The van der Waals surface area contributed by atoms with Crippen molar-refractivity contribution < 1.29 is 4.92 Å². The van der Waals surface area contributed by atoms with Gasteiger partial charge in [0.15, 0.2) is 0 Å². The van der Waals surface area contributed by atoms with Gasteiger partial charge in [-0.25, -0.2) is 0 Å². The van der Waals surface area contributed by atoms with Gasteiger partial charge in [-0.2, -0.15) is 5.26 Å². The van der Waals surface area contributed by atoms with Gasteiger partial charge >= 0.3 is 5.69 Å². The number of nitro groups is 1. The Morgan fingerprint density at radius 3 is 2.47 bits per heavy atom. The first-order chi connectivity index (χ1) is 8.13. The van der Waals surface area contributed by atoms with Crippen LogP contribution in [0.2, 0.25) is 0 Å². The largest absolute Gasteiger partial charge is 0.385 e. The lowest BCUT2D eigenvalue weighted by Crippen LogP contribution is -2.05. The third kappa shape index (κ3) is 2.84. The quantitative estimate of drug-likeness (QED) is 0.602. The molecule has 6 heteroatoms. The SMILES string of the molecule is CCNc1cc(C#N)c([N+](=O)[O-])c(NCC)c1. The van der Waals surface area contributed by atoms with Gasteiger partial charge in [0.25, 0.3) is 0 Å². The maximum atomic E-state index is 10.9. The summed E-state index contributed by atoms with van der Waals surface area (Å²) in [6, 6.07) is 4.99. The summed E-state index contributed by atoms with van der Waals surface area (Å²) in [7, 11) is 0. The number of benzene rings is 1. The second-order valence-corrected chi connectivity index (χ2v) is 3.35. The number of nitro benzene ring substituents is 1. The smallest absolute Gasteiger partial charge is 0.310 e. The van der Waals surface area contributed by atoms with Crippen LogP contribution in [0, 0.1) is 21.4 Å². The van der Waals surface area contributed by atoms with Gasteiger partial charge in [-0.1, -0.05) is 0 Å². The zero-order valence-electron chi connectivity index (χ0n) is 9.78. The standard InChI is InChI=1S/C11H14N4O2/c1-3-13-9-5-8(7-12)11(15(16)17)10(6-9)14-4-2/h5-6,13-14H,3-4H2,1-2H3. The molecule has 0 aliphatic heterocycles. The van der Waals surface area contributed by atoms with Gasteiger partial charge < -0.3 is 10.6 Å². The molecule has 1 aromatic rings. The number of rotatable bonds is 5. The minimum absolute atomic E-state index is 0.0596. The molecule has 0 saturated carbocycles. The lowest BCUT2D eigenvalue weighted by molar-refractivity contribution is -0.384. The van der Waals surface area contributed by atoms with Crippen LogP contribution in [0.25, 0.3) is 0 Å². The van der Waals surface area contributed by atoms with Crippen molar-refractivity contribution in [1.29, 1.82) is 5.26 Å². The Kier molecular flexibility index (Phi) is 4.29. The van der Waals surface area contributed by atoms with Crippen LogP contribution in [0.15, 0.2) is 12.1 Å². The van der Waals surface area contributed by atoms with Gasteiger partial charge in [-0.05, 0) is 26.0 Å². The second kappa shape index (κ2) is 5.70. The van der Waals surface area contributed by atoms with Crippen LogP contribution in [0.5, 0.6) is 0 Å². The molecule has 0 amide bonds. The van der Waals surface area contributed by atoms with E-state index in [1.165, 1.54) is 6.07 Å². The number of nitrogens with zero attached hydrogens (tertiary/aromatic N) is 2. The Morgan fingerprint density at radius 1 is 1.35 bits per heavy atom. The molecule has 0 aliphatic rings. The van der Waals surface area contributed by atoms with Gasteiger partial charge in [0, 0.05) is 18.8 Å². The van der Waals surface area contributed by atoms with E-state index >= 15 is 0 Å². The highest BCUT2D eigenvalue weighted by molar-refractivity contribution is 5.74. The van der Waals surface area contributed by atoms with Crippen molar-refractivity contribution in [3.8, 4) is 6.07 Å². The molecule has 0 saturated heterocycles. The van der Waals surface area contributed by atoms with E-state index in [0.29, 0.717) is 24.5 Å². The molecule has 90 valence electrons. The fourth-order valence-corrected chi connectivity index (χ4v) is 1.55. The fraction of sp³-hybridized carbons (Fsp3) is 0.364.